The zero-order valence-electron chi connectivity index (χ0n) is 8.45. The second-order valence-electron chi connectivity index (χ2n) is 2.99. The number of nitrogens with one attached hydrogen (secondary N) is 1. The number of carbonyl (C=O) groups is 1. The lowest BCUT2D eigenvalue weighted by molar-refractivity contribution is 0.101. The van der Waals surface area contributed by atoms with Crippen LogP contribution in [0.3, 0.4) is 0 Å². The maximum absolute atomic E-state index is 10.9. The number of Topliss-reactive ketones (excluding diaryl/α,β-unsaturated/α-hetero) is 1. The van der Waals surface area contributed by atoms with Gasteiger partial charge in [-0.2, -0.15) is 0 Å². The maximum Gasteiger partial charge on any atom is 0.178 e. The number of ketones is 1. The smallest absolute Gasteiger partial charge is 0.178 e. The monoisotopic (exact) mass is 190 g/mol. The molecule has 0 fully saturated rings. The van der Waals surface area contributed by atoms with Gasteiger partial charge in [-0.05, 0) is 18.7 Å². The quantitative estimate of drug-likeness (QED) is 0.732. The second kappa shape index (κ2) is 5.29. The summed E-state index contributed by atoms with van der Waals surface area (Å²) in [5, 5.41) is 3.01. The van der Waals surface area contributed by atoms with E-state index in [1.165, 1.54) is 6.92 Å². The van der Waals surface area contributed by atoms with Crippen molar-refractivity contribution in [1.29, 1.82) is 0 Å². The fourth-order valence-corrected chi connectivity index (χ4v) is 1.03. The number of aromatic nitrogens is 1. The SMILES string of the molecule is CNCC=Cc1ccc(C(C)=O)nc1. The third-order valence-corrected chi connectivity index (χ3v) is 1.78. The van der Waals surface area contributed by atoms with E-state index in [4.69, 9.17) is 0 Å². The van der Waals surface area contributed by atoms with Gasteiger partial charge in [-0.3, -0.25) is 9.78 Å². The number of pyridine rings is 1. The Kier molecular flexibility index (Phi) is 4.01. The average molecular weight is 190 g/mol. The standard InChI is InChI=1S/C11H14N2O/c1-9(14)11-6-5-10(8-13-11)4-3-7-12-2/h3-6,8,12H,7H2,1-2H3. The van der Waals surface area contributed by atoms with Crippen LogP contribution in [-0.4, -0.2) is 24.4 Å². The highest BCUT2D eigenvalue weighted by Crippen LogP contribution is 2.02. The molecule has 0 aromatic carbocycles. The van der Waals surface area contributed by atoms with Gasteiger partial charge >= 0.3 is 0 Å². The summed E-state index contributed by atoms with van der Waals surface area (Å²) < 4.78 is 0. The molecule has 1 N–H and O–H groups in total. The lowest BCUT2D eigenvalue weighted by atomic mass is 10.2. The summed E-state index contributed by atoms with van der Waals surface area (Å²) in [7, 11) is 1.89. The lowest BCUT2D eigenvalue weighted by Gasteiger charge is -1.95. The Hall–Kier alpha value is -1.48. The maximum atomic E-state index is 10.9. The highest BCUT2D eigenvalue weighted by atomic mass is 16.1. The molecule has 0 aliphatic rings. The summed E-state index contributed by atoms with van der Waals surface area (Å²) in [6.07, 6.45) is 5.67. The number of nitrogens with zero attached hydrogens (tertiary/aromatic N) is 1. The third kappa shape index (κ3) is 3.11. The van der Waals surface area contributed by atoms with Crippen LogP contribution in [0.4, 0.5) is 0 Å². The van der Waals surface area contributed by atoms with Gasteiger partial charge in [-0.1, -0.05) is 18.2 Å². The molecule has 0 aliphatic heterocycles. The van der Waals surface area contributed by atoms with Crippen LogP contribution in [0, 0.1) is 0 Å². The van der Waals surface area contributed by atoms with Crippen LogP contribution in [0.1, 0.15) is 23.0 Å². The summed E-state index contributed by atoms with van der Waals surface area (Å²) in [6, 6.07) is 3.62. The van der Waals surface area contributed by atoms with E-state index in [0.717, 1.165) is 12.1 Å². The van der Waals surface area contributed by atoms with E-state index in [-0.39, 0.29) is 5.78 Å². The summed E-state index contributed by atoms with van der Waals surface area (Å²) in [4.78, 5) is 15.0. The number of hydrogen-bond acceptors (Lipinski definition) is 3. The zero-order chi connectivity index (χ0) is 10.4. The first-order valence-corrected chi connectivity index (χ1v) is 4.52. The van der Waals surface area contributed by atoms with Crippen molar-refractivity contribution in [2.45, 2.75) is 6.92 Å². The van der Waals surface area contributed by atoms with Gasteiger partial charge in [0.25, 0.3) is 0 Å². The molecular formula is C11H14N2O. The third-order valence-electron chi connectivity index (χ3n) is 1.78. The molecule has 0 unspecified atom stereocenters. The molecule has 0 bridgehead atoms. The molecule has 0 amide bonds. The van der Waals surface area contributed by atoms with Crippen molar-refractivity contribution in [3.63, 3.8) is 0 Å². The summed E-state index contributed by atoms with van der Waals surface area (Å²) in [5.74, 6) is -0.00393. The lowest BCUT2D eigenvalue weighted by Crippen LogP contribution is -2.03. The second-order valence-corrected chi connectivity index (χ2v) is 2.99. The van der Waals surface area contributed by atoms with Crippen molar-refractivity contribution < 1.29 is 4.79 Å². The summed E-state index contributed by atoms with van der Waals surface area (Å²) >= 11 is 0. The Bertz CT molecular complexity index is 328. The molecule has 3 heteroatoms. The Morgan fingerprint density at radius 2 is 2.36 bits per heavy atom. The fourth-order valence-electron chi connectivity index (χ4n) is 1.03. The number of hydrogen-bond donors (Lipinski definition) is 1. The van der Waals surface area contributed by atoms with Crippen LogP contribution in [0.25, 0.3) is 6.08 Å². The van der Waals surface area contributed by atoms with E-state index in [1.807, 2.05) is 25.3 Å². The van der Waals surface area contributed by atoms with E-state index >= 15 is 0 Å². The first-order chi connectivity index (χ1) is 6.74. The first kappa shape index (κ1) is 10.6. The minimum absolute atomic E-state index is 0.00393. The Balaban J connectivity index is 2.68. The van der Waals surface area contributed by atoms with Gasteiger partial charge in [0.05, 0.1) is 0 Å². The van der Waals surface area contributed by atoms with Crippen molar-refractivity contribution in [3.05, 3.63) is 35.7 Å². The molecular weight excluding hydrogens is 176 g/mol. The highest BCUT2D eigenvalue weighted by Gasteiger charge is 1.98. The number of rotatable bonds is 4. The van der Waals surface area contributed by atoms with Gasteiger partial charge in [0, 0.05) is 19.7 Å². The fraction of sp³-hybridized carbons (Fsp3) is 0.273. The van der Waals surface area contributed by atoms with Crippen LogP contribution < -0.4 is 5.32 Å². The molecule has 1 aromatic rings. The van der Waals surface area contributed by atoms with Crippen molar-refractivity contribution in [2.75, 3.05) is 13.6 Å². The van der Waals surface area contributed by atoms with Gasteiger partial charge in [0.1, 0.15) is 5.69 Å². The summed E-state index contributed by atoms with van der Waals surface area (Å²) in [5.41, 5.74) is 1.51. The van der Waals surface area contributed by atoms with Crippen LogP contribution in [0.2, 0.25) is 0 Å². The van der Waals surface area contributed by atoms with Gasteiger partial charge in [0.2, 0.25) is 0 Å². The van der Waals surface area contributed by atoms with Crippen molar-refractivity contribution >= 4 is 11.9 Å². The molecule has 1 heterocycles. The molecule has 0 saturated carbocycles. The predicted molar refractivity (Wildman–Crippen MR) is 57.2 cm³/mol. The number of carbonyl (C=O) groups excluding carboxylic acids is 1. The predicted octanol–water partition coefficient (Wildman–Crippen LogP) is 1.52. The average Bonchev–Trinajstić information content (AvgIpc) is 2.19. The van der Waals surface area contributed by atoms with Crippen LogP contribution in [0.15, 0.2) is 24.4 Å². The molecule has 0 saturated heterocycles. The van der Waals surface area contributed by atoms with E-state index in [2.05, 4.69) is 10.3 Å². The largest absolute Gasteiger partial charge is 0.316 e. The Labute approximate surface area is 83.9 Å². The van der Waals surface area contributed by atoms with Crippen molar-refractivity contribution in [3.8, 4) is 0 Å². The van der Waals surface area contributed by atoms with E-state index < -0.39 is 0 Å². The van der Waals surface area contributed by atoms with Crippen molar-refractivity contribution in [2.24, 2.45) is 0 Å². The molecule has 14 heavy (non-hydrogen) atoms. The molecule has 0 atom stereocenters. The van der Waals surface area contributed by atoms with E-state index in [1.54, 1.807) is 12.3 Å². The Morgan fingerprint density at radius 3 is 2.86 bits per heavy atom. The molecule has 1 rings (SSSR count). The van der Waals surface area contributed by atoms with Crippen LogP contribution in [-0.2, 0) is 0 Å². The van der Waals surface area contributed by atoms with E-state index in [0.29, 0.717) is 5.69 Å². The molecule has 1 aromatic heterocycles. The van der Waals surface area contributed by atoms with Crippen molar-refractivity contribution in [1.82, 2.24) is 10.3 Å². The van der Waals surface area contributed by atoms with E-state index in [9.17, 15) is 4.79 Å². The van der Waals surface area contributed by atoms with Crippen LogP contribution >= 0.6 is 0 Å². The highest BCUT2D eigenvalue weighted by molar-refractivity contribution is 5.92. The Morgan fingerprint density at radius 1 is 1.57 bits per heavy atom. The minimum Gasteiger partial charge on any atom is -0.316 e. The van der Waals surface area contributed by atoms with Gasteiger partial charge in [0.15, 0.2) is 5.78 Å². The first-order valence-electron chi connectivity index (χ1n) is 4.52. The molecule has 0 spiro atoms. The topological polar surface area (TPSA) is 42.0 Å². The minimum atomic E-state index is -0.00393. The van der Waals surface area contributed by atoms with Gasteiger partial charge < -0.3 is 5.32 Å². The summed E-state index contributed by atoms with van der Waals surface area (Å²) in [6.45, 7) is 2.34. The van der Waals surface area contributed by atoms with Gasteiger partial charge in [-0.15, -0.1) is 0 Å². The molecule has 0 aliphatic carbocycles. The molecule has 3 nitrogen and oxygen atoms in total. The molecule has 0 radical (unpaired) electrons. The normalized spacial score (nSPS) is 10.7. The molecule has 74 valence electrons. The zero-order valence-corrected chi connectivity index (χ0v) is 8.45. The van der Waals surface area contributed by atoms with Gasteiger partial charge in [-0.25, -0.2) is 0 Å². The number of likely N-dealkylation sites (N-methyl/N-ethyl adjacent to an activating group) is 1. The van der Waals surface area contributed by atoms with Crippen LogP contribution in [0.5, 0.6) is 0 Å².